The van der Waals surface area contributed by atoms with Crippen LogP contribution in [0, 0.1) is 5.41 Å². The van der Waals surface area contributed by atoms with E-state index in [0.29, 0.717) is 0 Å². The molecule has 0 aromatic carbocycles. The number of carbonyl (C=O) groups excluding carboxylic acids is 1. The van der Waals surface area contributed by atoms with Gasteiger partial charge in [0.25, 0.3) is 0 Å². The number of nitrogens with two attached hydrogens (primary N) is 1. The zero-order chi connectivity index (χ0) is 15.2. The zero-order valence-corrected chi connectivity index (χ0v) is 16.2. The largest absolute Gasteiger partial charge is 0.355 e. The number of hydrogen-bond donors (Lipinski definition) is 2. The van der Waals surface area contributed by atoms with Crippen LogP contribution in [0.1, 0.15) is 59.8 Å². The van der Waals surface area contributed by atoms with Crippen molar-refractivity contribution in [3.05, 3.63) is 0 Å². The first-order valence-corrected chi connectivity index (χ1v) is 8.09. The third-order valence-corrected chi connectivity index (χ3v) is 4.33. The van der Waals surface area contributed by atoms with Crippen molar-refractivity contribution in [1.82, 2.24) is 10.2 Å². The number of likely N-dealkylation sites (tertiary alicyclic amines) is 1. The summed E-state index contributed by atoms with van der Waals surface area (Å²) in [6.45, 7) is 11.4. The Kier molecular flexibility index (Phi) is 12.7. The number of nitrogens with one attached hydrogen (secondary N) is 1. The van der Waals surface area contributed by atoms with Gasteiger partial charge in [-0.1, -0.05) is 27.2 Å². The molecule has 1 aliphatic heterocycles. The lowest BCUT2D eigenvalue weighted by Crippen LogP contribution is -2.48. The maximum absolute atomic E-state index is 11.9. The van der Waals surface area contributed by atoms with Crippen LogP contribution in [0.2, 0.25) is 0 Å². The first kappa shape index (κ1) is 24.2. The molecule has 1 saturated heterocycles. The summed E-state index contributed by atoms with van der Waals surface area (Å²) in [4.78, 5) is 14.4. The molecule has 1 amide bonds. The smallest absolute Gasteiger partial charge is 0.237 e. The van der Waals surface area contributed by atoms with E-state index >= 15 is 0 Å². The highest BCUT2D eigenvalue weighted by Crippen LogP contribution is 2.17. The van der Waals surface area contributed by atoms with Gasteiger partial charge in [0, 0.05) is 12.6 Å². The topological polar surface area (TPSA) is 58.4 Å². The van der Waals surface area contributed by atoms with Gasteiger partial charge in [-0.15, -0.1) is 24.8 Å². The van der Waals surface area contributed by atoms with Gasteiger partial charge in [-0.3, -0.25) is 4.79 Å². The zero-order valence-electron chi connectivity index (χ0n) is 14.6. The van der Waals surface area contributed by atoms with Gasteiger partial charge in [-0.25, -0.2) is 0 Å². The Labute approximate surface area is 148 Å². The molecule has 0 aliphatic carbocycles. The van der Waals surface area contributed by atoms with Gasteiger partial charge >= 0.3 is 0 Å². The highest BCUT2D eigenvalue weighted by Gasteiger charge is 2.26. The fourth-order valence-corrected chi connectivity index (χ4v) is 2.64. The monoisotopic (exact) mass is 355 g/mol. The van der Waals surface area contributed by atoms with Crippen LogP contribution in [0.5, 0.6) is 0 Å². The maximum atomic E-state index is 11.9. The number of rotatable bonds is 6. The third-order valence-electron chi connectivity index (χ3n) is 4.33. The van der Waals surface area contributed by atoms with Crippen LogP contribution < -0.4 is 11.1 Å². The van der Waals surface area contributed by atoms with E-state index in [-0.39, 0.29) is 36.1 Å². The molecule has 4 nitrogen and oxygen atoms in total. The molecule has 1 unspecified atom stereocenters. The van der Waals surface area contributed by atoms with Crippen LogP contribution in [-0.2, 0) is 4.79 Å². The second-order valence-electron chi connectivity index (χ2n) is 7.22. The average molecular weight is 356 g/mol. The minimum absolute atomic E-state index is 0. The van der Waals surface area contributed by atoms with Gasteiger partial charge in [-0.2, -0.15) is 0 Å². The molecule has 3 N–H and O–H groups in total. The highest BCUT2D eigenvalue weighted by molar-refractivity contribution is 5.85. The van der Waals surface area contributed by atoms with E-state index in [0.717, 1.165) is 32.0 Å². The van der Waals surface area contributed by atoms with E-state index in [2.05, 4.69) is 17.1 Å². The van der Waals surface area contributed by atoms with Gasteiger partial charge in [0.05, 0.1) is 6.04 Å². The van der Waals surface area contributed by atoms with Gasteiger partial charge in [0.1, 0.15) is 0 Å². The molecule has 1 fully saturated rings. The van der Waals surface area contributed by atoms with Crippen molar-refractivity contribution in [2.75, 3.05) is 19.6 Å². The van der Waals surface area contributed by atoms with Crippen LogP contribution >= 0.6 is 24.8 Å². The van der Waals surface area contributed by atoms with Gasteiger partial charge in [-0.05, 0) is 51.1 Å². The van der Waals surface area contributed by atoms with Crippen molar-refractivity contribution < 1.29 is 4.79 Å². The Bertz CT molecular complexity index is 308. The lowest BCUT2D eigenvalue weighted by atomic mass is 9.87. The van der Waals surface area contributed by atoms with Crippen molar-refractivity contribution in [1.29, 1.82) is 0 Å². The summed E-state index contributed by atoms with van der Waals surface area (Å²) in [5, 5.41) is 2.96. The number of carbonyl (C=O) groups is 1. The number of halogens is 2. The molecular weight excluding hydrogens is 321 g/mol. The fraction of sp³-hybridized carbons (Fsp3) is 0.938. The fourth-order valence-electron chi connectivity index (χ4n) is 2.64. The standard InChI is InChI=1S/C16H33N3O.2ClH/c1-13-9-5-7-11-19(13)12-8-6-10-18-15(20)14(17)16(2,3)4;;/h13-14H,5-12,17H2,1-4H3,(H,18,20);2*1H/t13?,14-;;/m1../s1. The predicted octanol–water partition coefficient (Wildman–Crippen LogP) is 2.97. The molecule has 0 bridgehead atoms. The van der Waals surface area contributed by atoms with Gasteiger partial charge in [0.15, 0.2) is 0 Å². The van der Waals surface area contributed by atoms with Crippen LogP contribution in [0.3, 0.4) is 0 Å². The van der Waals surface area contributed by atoms with Crippen LogP contribution in [-0.4, -0.2) is 42.5 Å². The summed E-state index contributed by atoms with van der Waals surface area (Å²) >= 11 is 0. The van der Waals surface area contributed by atoms with E-state index in [9.17, 15) is 4.79 Å². The summed E-state index contributed by atoms with van der Waals surface area (Å²) in [5.74, 6) is -0.0242. The summed E-state index contributed by atoms with van der Waals surface area (Å²) in [6, 6.07) is 0.303. The van der Waals surface area contributed by atoms with Crippen LogP contribution in [0.25, 0.3) is 0 Å². The van der Waals surface area contributed by atoms with Crippen molar-refractivity contribution >= 4 is 30.7 Å². The molecular formula is C16H35Cl2N3O. The van der Waals surface area contributed by atoms with E-state index in [1.165, 1.54) is 25.8 Å². The molecule has 1 aliphatic rings. The van der Waals surface area contributed by atoms with Crippen molar-refractivity contribution in [3.8, 4) is 0 Å². The normalized spacial score (nSPS) is 20.5. The molecule has 0 radical (unpaired) electrons. The molecule has 0 aromatic rings. The van der Waals surface area contributed by atoms with Crippen LogP contribution in [0.4, 0.5) is 0 Å². The Morgan fingerprint density at radius 2 is 1.91 bits per heavy atom. The lowest BCUT2D eigenvalue weighted by molar-refractivity contribution is -0.124. The van der Waals surface area contributed by atoms with Gasteiger partial charge < -0.3 is 16.0 Å². The van der Waals surface area contributed by atoms with E-state index in [1.54, 1.807) is 0 Å². The van der Waals surface area contributed by atoms with E-state index < -0.39 is 6.04 Å². The first-order chi connectivity index (χ1) is 9.32. The molecule has 22 heavy (non-hydrogen) atoms. The Balaban J connectivity index is 0. The first-order valence-electron chi connectivity index (χ1n) is 8.09. The number of amides is 1. The Morgan fingerprint density at radius 1 is 1.27 bits per heavy atom. The third kappa shape index (κ3) is 8.56. The number of hydrogen-bond acceptors (Lipinski definition) is 3. The molecule has 0 spiro atoms. The van der Waals surface area contributed by atoms with Crippen LogP contribution in [0.15, 0.2) is 0 Å². The van der Waals surface area contributed by atoms with Crippen molar-refractivity contribution in [2.45, 2.75) is 71.9 Å². The van der Waals surface area contributed by atoms with E-state index in [1.807, 2.05) is 20.8 Å². The summed E-state index contributed by atoms with van der Waals surface area (Å²) < 4.78 is 0. The minimum atomic E-state index is -0.426. The van der Waals surface area contributed by atoms with Crippen molar-refractivity contribution in [2.24, 2.45) is 11.1 Å². The molecule has 2 atom stereocenters. The molecule has 6 heteroatoms. The molecule has 1 rings (SSSR count). The summed E-state index contributed by atoms with van der Waals surface area (Å²) in [5.41, 5.74) is 5.75. The quantitative estimate of drug-likeness (QED) is 0.720. The molecule has 1 heterocycles. The number of unbranched alkanes of at least 4 members (excludes halogenated alkanes) is 1. The number of piperidine rings is 1. The Hall–Kier alpha value is -0.0300. The van der Waals surface area contributed by atoms with Crippen molar-refractivity contribution in [3.63, 3.8) is 0 Å². The highest BCUT2D eigenvalue weighted by atomic mass is 35.5. The second-order valence-corrected chi connectivity index (χ2v) is 7.22. The lowest BCUT2D eigenvalue weighted by Gasteiger charge is -2.33. The van der Waals surface area contributed by atoms with Gasteiger partial charge in [0.2, 0.25) is 5.91 Å². The summed E-state index contributed by atoms with van der Waals surface area (Å²) in [6.07, 6.45) is 6.22. The average Bonchev–Trinajstić information content (AvgIpc) is 2.38. The van der Waals surface area contributed by atoms with E-state index in [4.69, 9.17) is 5.73 Å². The maximum Gasteiger partial charge on any atom is 0.237 e. The summed E-state index contributed by atoms with van der Waals surface area (Å²) in [7, 11) is 0. The molecule has 0 saturated carbocycles. The molecule has 134 valence electrons. The Morgan fingerprint density at radius 3 is 2.45 bits per heavy atom. The molecule has 0 aromatic heterocycles. The number of nitrogens with zero attached hydrogens (tertiary/aromatic N) is 1. The SMILES string of the molecule is CC1CCCCN1CCCCNC(=O)[C@@H](N)C(C)(C)C.Cl.Cl. The predicted molar refractivity (Wildman–Crippen MR) is 99.1 cm³/mol. The minimum Gasteiger partial charge on any atom is -0.355 e. The second kappa shape index (κ2) is 11.5.